The monoisotopic (exact) mass is 412 g/mol. The number of hydrogen-bond donors (Lipinski definition) is 5. The van der Waals surface area contributed by atoms with Gasteiger partial charge in [-0.2, -0.15) is 0 Å². The summed E-state index contributed by atoms with van der Waals surface area (Å²) in [5.41, 5.74) is 0. The predicted molar refractivity (Wildman–Crippen MR) is 103 cm³/mol. The Labute approximate surface area is 166 Å². The van der Waals surface area contributed by atoms with Crippen LogP contribution in [0, 0.1) is 5.92 Å². The van der Waals surface area contributed by atoms with Gasteiger partial charge in [0.15, 0.2) is 0 Å². The zero-order chi connectivity index (χ0) is 23.7. The molecule has 10 nitrogen and oxygen atoms in total. The summed E-state index contributed by atoms with van der Waals surface area (Å²) in [5, 5.41) is 39.1. The molecule has 0 aromatic heterocycles. The van der Waals surface area contributed by atoms with Gasteiger partial charge in [0.1, 0.15) is 0 Å². The Kier molecular flexibility index (Phi) is 37.8. The maximum atomic E-state index is 9.76. The van der Waals surface area contributed by atoms with Gasteiger partial charge in [0.25, 0.3) is 5.97 Å². The lowest BCUT2D eigenvalue weighted by Gasteiger charge is -1.89. The smallest absolute Gasteiger partial charge is 0.305 e. The Bertz CT molecular complexity index is 413. The van der Waals surface area contributed by atoms with Crippen molar-refractivity contribution in [2.24, 2.45) is 5.92 Å². The Balaban J connectivity index is -0.0000000797. The van der Waals surface area contributed by atoms with Gasteiger partial charge in [-0.25, -0.2) is 0 Å². The van der Waals surface area contributed by atoms with Gasteiger partial charge in [0.05, 0.1) is 5.92 Å². The highest BCUT2D eigenvalue weighted by atomic mass is 16.4. The second-order valence-corrected chi connectivity index (χ2v) is 5.40. The number of rotatable bonds is 7. The zero-order valence-electron chi connectivity index (χ0n) is 17.6. The van der Waals surface area contributed by atoms with Gasteiger partial charge in [-0.15, -0.1) is 0 Å². The zero-order valence-corrected chi connectivity index (χ0v) is 17.6. The molecule has 0 radical (unpaired) electrons. The topological polar surface area (TPSA) is 186 Å². The van der Waals surface area contributed by atoms with Gasteiger partial charge in [-0.1, -0.05) is 41.0 Å². The summed E-state index contributed by atoms with van der Waals surface area (Å²) in [6.45, 7) is 9.78. The molecule has 0 atom stereocenters. The highest BCUT2D eigenvalue weighted by molar-refractivity contribution is 5.68. The molecule has 0 rings (SSSR count). The van der Waals surface area contributed by atoms with E-state index in [1.54, 1.807) is 20.8 Å². The molecular weight excluding hydrogens is 376 g/mol. The molecule has 0 fully saturated rings. The maximum Gasteiger partial charge on any atom is 0.305 e. The van der Waals surface area contributed by atoms with E-state index in [1.165, 1.54) is 0 Å². The Hall–Kier alpha value is -2.65. The lowest BCUT2D eigenvalue weighted by molar-refractivity contribution is -0.141. The minimum absolute atomic E-state index is 0.222. The van der Waals surface area contributed by atoms with Gasteiger partial charge >= 0.3 is 23.9 Å². The van der Waals surface area contributed by atoms with Crippen molar-refractivity contribution in [3.63, 3.8) is 0 Å². The van der Waals surface area contributed by atoms with Crippen molar-refractivity contribution in [1.82, 2.24) is 0 Å². The van der Waals surface area contributed by atoms with Gasteiger partial charge in [-0.3, -0.25) is 24.0 Å². The van der Waals surface area contributed by atoms with Crippen molar-refractivity contribution >= 4 is 29.8 Å². The second kappa shape index (κ2) is 29.1. The van der Waals surface area contributed by atoms with Gasteiger partial charge in [0.2, 0.25) is 0 Å². The van der Waals surface area contributed by atoms with E-state index in [0.29, 0.717) is 12.8 Å². The van der Waals surface area contributed by atoms with Crippen LogP contribution in [-0.2, 0) is 24.0 Å². The van der Waals surface area contributed by atoms with Crippen LogP contribution in [0.25, 0.3) is 0 Å². The molecular formula is C18H36O10. The molecule has 0 heterocycles. The first-order valence-corrected chi connectivity index (χ1v) is 8.76. The number of aliphatic carboxylic acids is 5. The van der Waals surface area contributed by atoms with Crippen molar-refractivity contribution < 1.29 is 49.5 Å². The Morgan fingerprint density at radius 1 is 0.679 bits per heavy atom. The molecule has 0 amide bonds. The molecule has 0 aromatic carbocycles. The number of hydrogen-bond acceptors (Lipinski definition) is 5. The third-order valence-electron chi connectivity index (χ3n) is 2.00. The summed E-state index contributed by atoms with van der Waals surface area (Å²) in [6, 6.07) is 0. The fraction of sp³-hybridized carbons (Fsp3) is 0.722. The van der Waals surface area contributed by atoms with E-state index in [9.17, 15) is 19.2 Å². The third-order valence-corrected chi connectivity index (χ3v) is 2.00. The third kappa shape index (κ3) is 109. The molecule has 28 heavy (non-hydrogen) atoms. The van der Waals surface area contributed by atoms with E-state index < -0.39 is 29.8 Å². The molecule has 0 saturated heterocycles. The van der Waals surface area contributed by atoms with Crippen molar-refractivity contribution in [2.45, 2.75) is 80.1 Å². The molecule has 10 heteroatoms. The highest BCUT2D eigenvalue weighted by Gasteiger charge is 1.99. The van der Waals surface area contributed by atoms with Crippen LogP contribution in [0.15, 0.2) is 0 Å². The van der Waals surface area contributed by atoms with Gasteiger partial charge in [-0.05, 0) is 12.8 Å². The number of carboxylic acid groups (broad SMARTS) is 5. The summed E-state index contributed by atoms with van der Waals surface area (Å²) in [6.07, 6.45) is 3.33. The first-order valence-electron chi connectivity index (χ1n) is 8.76. The molecule has 168 valence electrons. The van der Waals surface area contributed by atoms with Crippen LogP contribution in [0.5, 0.6) is 0 Å². The molecule has 0 bridgehead atoms. The molecule has 0 unspecified atom stereocenters. The Morgan fingerprint density at radius 3 is 1.00 bits per heavy atom. The van der Waals surface area contributed by atoms with Crippen LogP contribution in [0.3, 0.4) is 0 Å². The first kappa shape index (κ1) is 36.3. The van der Waals surface area contributed by atoms with Crippen LogP contribution in [-0.4, -0.2) is 55.4 Å². The predicted octanol–water partition coefficient (Wildman–Crippen LogP) is 3.43. The lowest BCUT2D eigenvalue weighted by atomic mass is 10.2. The van der Waals surface area contributed by atoms with E-state index in [-0.39, 0.29) is 12.3 Å². The van der Waals surface area contributed by atoms with Crippen LogP contribution >= 0.6 is 0 Å². The van der Waals surface area contributed by atoms with E-state index in [0.717, 1.165) is 26.2 Å². The van der Waals surface area contributed by atoms with Crippen LogP contribution < -0.4 is 0 Å². The number of carbonyl (C=O) groups is 5. The van der Waals surface area contributed by atoms with Crippen LogP contribution in [0.1, 0.15) is 80.1 Å². The van der Waals surface area contributed by atoms with E-state index in [2.05, 4.69) is 0 Å². The van der Waals surface area contributed by atoms with Crippen molar-refractivity contribution in [2.75, 3.05) is 0 Å². The highest BCUT2D eigenvalue weighted by Crippen LogP contribution is 1.91. The minimum Gasteiger partial charge on any atom is -0.481 e. The van der Waals surface area contributed by atoms with Crippen LogP contribution in [0.2, 0.25) is 0 Å². The van der Waals surface area contributed by atoms with E-state index in [4.69, 9.17) is 30.3 Å². The average molecular weight is 412 g/mol. The van der Waals surface area contributed by atoms with Gasteiger partial charge < -0.3 is 25.5 Å². The first-order chi connectivity index (χ1) is 12.7. The largest absolute Gasteiger partial charge is 0.481 e. The van der Waals surface area contributed by atoms with Crippen LogP contribution in [0.4, 0.5) is 0 Å². The molecule has 0 aliphatic heterocycles. The standard InChI is InChI=1S/C5H10O2.2C4H8O2.C3H6O2.C2H4O2/c1-2-3-4-5(6)7;1-3(2)4(5)6;1-2-3-4(5)6;1-2-3(4)5;1-2(3)4/h2-4H2,1H3,(H,6,7);3H,1-2H3,(H,5,6);2-3H2,1H3,(H,5,6);2H2,1H3,(H,4,5);1H3,(H,3,4). The Morgan fingerprint density at radius 2 is 0.964 bits per heavy atom. The summed E-state index contributed by atoms with van der Waals surface area (Å²) >= 11 is 0. The van der Waals surface area contributed by atoms with E-state index in [1.807, 2.05) is 13.8 Å². The SMILES string of the molecule is CC(=O)O.CC(C)C(=O)O.CCC(=O)O.CCCC(=O)O.CCCCC(=O)O. The molecule has 0 spiro atoms. The number of unbranched alkanes of at least 4 members (excludes halogenated alkanes) is 1. The van der Waals surface area contributed by atoms with Crippen molar-refractivity contribution in [3.05, 3.63) is 0 Å². The lowest BCUT2D eigenvalue weighted by Crippen LogP contribution is -2.03. The minimum atomic E-state index is -0.833. The summed E-state index contributed by atoms with van der Waals surface area (Å²) in [5.74, 6) is -3.95. The second-order valence-electron chi connectivity index (χ2n) is 5.40. The molecule has 0 aliphatic rings. The van der Waals surface area contributed by atoms with Crippen molar-refractivity contribution in [3.8, 4) is 0 Å². The molecule has 0 aromatic rings. The maximum absolute atomic E-state index is 9.76. The molecule has 0 aliphatic carbocycles. The normalized spacial score (nSPS) is 8.11. The molecule has 0 saturated carbocycles. The summed E-state index contributed by atoms with van der Waals surface area (Å²) in [7, 11) is 0. The van der Waals surface area contributed by atoms with Crippen molar-refractivity contribution in [1.29, 1.82) is 0 Å². The summed E-state index contributed by atoms with van der Waals surface area (Å²) < 4.78 is 0. The number of carboxylic acids is 5. The fourth-order valence-corrected chi connectivity index (χ4v) is 0.542. The van der Waals surface area contributed by atoms with Gasteiger partial charge in [0, 0.05) is 26.2 Å². The van der Waals surface area contributed by atoms with E-state index >= 15 is 0 Å². The average Bonchev–Trinajstić information content (AvgIpc) is 2.53. The fourth-order valence-electron chi connectivity index (χ4n) is 0.542. The summed E-state index contributed by atoms with van der Waals surface area (Å²) in [4.78, 5) is 47.4. The quantitative estimate of drug-likeness (QED) is 0.414. The molecule has 5 N–H and O–H groups in total.